The third kappa shape index (κ3) is 5.01. The molecule has 30 heavy (non-hydrogen) atoms. The fourth-order valence-electron chi connectivity index (χ4n) is 3.28. The van der Waals surface area contributed by atoms with Crippen molar-refractivity contribution in [2.75, 3.05) is 32.8 Å². The number of ether oxygens (including phenoxy) is 1. The number of hydrogen-bond donors (Lipinski definition) is 0. The standard InChI is InChI=1S/C22H21F2N3O2S/c23-17-7-5-16(6-8-17)19-15-30-21(25-19)13-26-9-11-27(12-10-26)22(28)14-29-20-4-2-1-3-18(20)24/h1-8,15H,9-14H2. The first-order valence-electron chi connectivity index (χ1n) is 9.66. The van der Waals surface area contributed by atoms with Gasteiger partial charge in [0.05, 0.1) is 12.2 Å². The normalized spacial score (nSPS) is 14.7. The Hall–Kier alpha value is -2.84. The number of para-hydroxylation sites is 1. The van der Waals surface area contributed by atoms with E-state index in [-0.39, 0.29) is 24.1 Å². The van der Waals surface area contributed by atoms with Crippen molar-refractivity contribution in [1.29, 1.82) is 0 Å². The summed E-state index contributed by atoms with van der Waals surface area (Å²) < 4.78 is 32.0. The molecule has 1 aliphatic rings. The van der Waals surface area contributed by atoms with Crippen molar-refractivity contribution >= 4 is 17.2 Å². The molecule has 0 bridgehead atoms. The second-order valence-corrected chi connectivity index (χ2v) is 7.95. The molecule has 1 aliphatic heterocycles. The van der Waals surface area contributed by atoms with Crippen molar-refractivity contribution in [3.05, 3.63) is 70.6 Å². The number of amides is 1. The molecule has 2 heterocycles. The van der Waals surface area contributed by atoms with Crippen molar-refractivity contribution in [1.82, 2.24) is 14.8 Å². The van der Waals surface area contributed by atoms with E-state index in [0.29, 0.717) is 19.6 Å². The van der Waals surface area contributed by atoms with Crippen LogP contribution in [0.15, 0.2) is 53.9 Å². The number of nitrogens with zero attached hydrogens (tertiary/aromatic N) is 3. The van der Waals surface area contributed by atoms with Gasteiger partial charge in [-0.1, -0.05) is 12.1 Å². The highest BCUT2D eigenvalue weighted by Gasteiger charge is 2.22. The van der Waals surface area contributed by atoms with Gasteiger partial charge in [0.2, 0.25) is 0 Å². The largest absolute Gasteiger partial charge is 0.481 e. The summed E-state index contributed by atoms with van der Waals surface area (Å²) in [5.41, 5.74) is 1.73. The molecule has 0 saturated carbocycles. The SMILES string of the molecule is O=C(COc1ccccc1F)N1CCN(Cc2nc(-c3ccc(F)cc3)cs2)CC1. The Labute approximate surface area is 177 Å². The average Bonchev–Trinajstić information content (AvgIpc) is 3.22. The van der Waals surface area contributed by atoms with E-state index in [1.807, 2.05) is 5.38 Å². The topological polar surface area (TPSA) is 45.7 Å². The smallest absolute Gasteiger partial charge is 0.260 e. The molecular formula is C22H21F2N3O2S. The van der Waals surface area contributed by atoms with Crippen molar-refractivity contribution in [2.45, 2.75) is 6.54 Å². The molecular weight excluding hydrogens is 408 g/mol. The fourth-order valence-corrected chi connectivity index (χ4v) is 4.12. The summed E-state index contributed by atoms with van der Waals surface area (Å²) in [7, 11) is 0. The van der Waals surface area contributed by atoms with Crippen LogP contribution < -0.4 is 4.74 Å². The Bertz CT molecular complexity index is 1000. The Morgan fingerprint density at radius 3 is 2.50 bits per heavy atom. The zero-order chi connectivity index (χ0) is 20.9. The Kier molecular flexibility index (Phi) is 6.35. The quantitative estimate of drug-likeness (QED) is 0.598. The van der Waals surface area contributed by atoms with Gasteiger partial charge in [0, 0.05) is 37.1 Å². The van der Waals surface area contributed by atoms with Gasteiger partial charge in [-0.2, -0.15) is 0 Å². The van der Waals surface area contributed by atoms with Gasteiger partial charge in [-0.15, -0.1) is 11.3 Å². The second kappa shape index (κ2) is 9.32. The van der Waals surface area contributed by atoms with Crippen LogP contribution in [-0.2, 0) is 11.3 Å². The maximum Gasteiger partial charge on any atom is 0.260 e. The Morgan fingerprint density at radius 2 is 1.77 bits per heavy atom. The summed E-state index contributed by atoms with van der Waals surface area (Å²) >= 11 is 1.57. The number of halogens is 2. The summed E-state index contributed by atoms with van der Waals surface area (Å²) in [4.78, 5) is 21.0. The number of aromatic nitrogens is 1. The summed E-state index contributed by atoms with van der Waals surface area (Å²) in [6.45, 7) is 3.19. The third-order valence-electron chi connectivity index (χ3n) is 4.96. The summed E-state index contributed by atoms with van der Waals surface area (Å²) in [6.07, 6.45) is 0. The van der Waals surface area contributed by atoms with Gasteiger partial charge >= 0.3 is 0 Å². The van der Waals surface area contributed by atoms with Crippen molar-refractivity contribution in [2.24, 2.45) is 0 Å². The summed E-state index contributed by atoms with van der Waals surface area (Å²) in [6, 6.07) is 12.4. The number of rotatable bonds is 6. The van der Waals surface area contributed by atoms with Crippen LogP contribution in [0.5, 0.6) is 5.75 Å². The van der Waals surface area contributed by atoms with Crippen molar-refractivity contribution in [3.8, 4) is 17.0 Å². The third-order valence-corrected chi connectivity index (χ3v) is 5.80. The molecule has 0 spiro atoms. The zero-order valence-electron chi connectivity index (χ0n) is 16.3. The molecule has 8 heteroatoms. The molecule has 1 saturated heterocycles. The van der Waals surface area contributed by atoms with Gasteiger partial charge in [0.1, 0.15) is 10.8 Å². The minimum Gasteiger partial charge on any atom is -0.481 e. The van der Waals surface area contributed by atoms with E-state index in [2.05, 4.69) is 9.88 Å². The van der Waals surface area contributed by atoms with Crippen LogP contribution >= 0.6 is 11.3 Å². The highest BCUT2D eigenvalue weighted by Crippen LogP contribution is 2.23. The molecule has 1 aromatic heterocycles. The molecule has 0 unspecified atom stereocenters. The number of thiazole rings is 1. The van der Waals surface area contributed by atoms with Crippen LogP contribution in [0.2, 0.25) is 0 Å². The van der Waals surface area contributed by atoms with Crippen LogP contribution in [0.1, 0.15) is 5.01 Å². The van der Waals surface area contributed by atoms with Crippen LogP contribution in [0, 0.1) is 11.6 Å². The van der Waals surface area contributed by atoms with E-state index in [1.165, 1.54) is 24.3 Å². The molecule has 2 aromatic carbocycles. The maximum absolute atomic E-state index is 13.6. The lowest BCUT2D eigenvalue weighted by molar-refractivity contribution is -0.135. The second-order valence-electron chi connectivity index (χ2n) is 7.01. The van der Waals surface area contributed by atoms with Crippen molar-refractivity contribution < 1.29 is 18.3 Å². The van der Waals surface area contributed by atoms with E-state index in [0.717, 1.165) is 29.4 Å². The van der Waals surface area contributed by atoms with E-state index in [1.54, 1.807) is 40.5 Å². The molecule has 0 N–H and O–H groups in total. The lowest BCUT2D eigenvalue weighted by atomic mass is 10.2. The molecule has 156 valence electrons. The number of hydrogen-bond acceptors (Lipinski definition) is 5. The molecule has 0 aliphatic carbocycles. The predicted molar refractivity (Wildman–Crippen MR) is 111 cm³/mol. The van der Waals surface area contributed by atoms with Gasteiger partial charge in [0.25, 0.3) is 5.91 Å². The first kappa shape index (κ1) is 20.4. The zero-order valence-corrected chi connectivity index (χ0v) is 17.1. The number of benzene rings is 2. The Balaban J connectivity index is 1.25. The molecule has 0 atom stereocenters. The number of carbonyl (C=O) groups is 1. The lowest BCUT2D eigenvalue weighted by Gasteiger charge is -2.34. The van der Waals surface area contributed by atoms with E-state index in [4.69, 9.17) is 4.74 Å². The molecule has 3 aromatic rings. The van der Waals surface area contributed by atoms with E-state index >= 15 is 0 Å². The van der Waals surface area contributed by atoms with Gasteiger partial charge in [-0.3, -0.25) is 9.69 Å². The summed E-state index contributed by atoms with van der Waals surface area (Å²) in [5, 5.41) is 2.96. The van der Waals surface area contributed by atoms with Crippen LogP contribution in [0.25, 0.3) is 11.3 Å². The average molecular weight is 429 g/mol. The highest BCUT2D eigenvalue weighted by atomic mass is 32.1. The fraction of sp³-hybridized carbons (Fsp3) is 0.273. The van der Waals surface area contributed by atoms with Gasteiger partial charge < -0.3 is 9.64 Å². The van der Waals surface area contributed by atoms with E-state index in [9.17, 15) is 13.6 Å². The molecule has 1 amide bonds. The van der Waals surface area contributed by atoms with Gasteiger partial charge in [0.15, 0.2) is 18.2 Å². The maximum atomic E-state index is 13.6. The molecule has 1 fully saturated rings. The monoisotopic (exact) mass is 429 g/mol. The minimum atomic E-state index is -0.474. The van der Waals surface area contributed by atoms with Gasteiger partial charge in [-0.25, -0.2) is 13.8 Å². The van der Waals surface area contributed by atoms with Crippen LogP contribution in [0.4, 0.5) is 8.78 Å². The number of piperazine rings is 1. The molecule has 5 nitrogen and oxygen atoms in total. The Morgan fingerprint density at radius 1 is 1.03 bits per heavy atom. The lowest BCUT2D eigenvalue weighted by Crippen LogP contribution is -2.49. The van der Waals surface area contributed by atoms with Crippen LogP contribution in [0.3, 0.4) is 0 Å². The summed E-state index contributed by atoms with van der Waals surface area (Å²) in [5.74, 6) is -0.796. The van der Waals surface area contributed by atoms with Crippen LogP contribution in [-0.4, -0.2) is 53.5 Å². The first-order chi connectivity index (χ1) is 14.6. The predicted octanol–water partition coefficient (Wildman–Crippen LogP) is 3.81. The van der Waals surface area contributed by atoms with E-state index < -0.39 is 5.82 Å². The molecule has 4 rings (SSSR count). The minimum absolute atomic E-state index is 0.0882. The number of carbonyl (C=O) groups excluding carboxylic acids is 1. The highest BCUT2D eigenvalue weighted by molar-refractivity contribution is 7.09. The van der Waals surface area contributed by atoms with Gasteiger partial charge in [-0.05, 0) is 36.4 Å². The van der Waals surface area contributed by atoms with Crippen molar-refractivity contribution in [3.63, 3.8) is 0 Å². The first-order valence-corrected chi connectivity index (χ1v) is 10.5. The molecule has 0 radical (unpaired) electrons.